The Morgan fingerprint density at radius 1 is 0.964 bits per heavy atom. The first-order chi connectivity index (χ1) is 13.7. The Morgan fingerprint density at radius 2 is 1.75 bits per heavy atom. The zero-order valence-corrected chi connectivity index (χ0v) is 16.2. The van der Waals surface area contributed by atoms with Gasteiger partial charge >= 0.3 is 0 Å². The van der Waals surface area contributed by atoms with E-state index in [4.69, 9.17) is 4.98 Å². The Balaban J connectivity index is 1.42. The predicted octanol–water partition coefficient (Wildman–Crippen LogP) is 5.54. The van der Waals surface area contributed by atoms with Crippen molar-refractivity contribution in [2.24, 2.45) is 0 Å². The van der Waals surface area contributed by atoms with Crippen LogP contribution in [-0.4, -0.2) is 14.5 Å². The van der Waals surface area contributed by atoms with Crippen LogP contribution in [-0.2, 0) is 13.1 Å². The second-order valence-corrected chi connectivity index (χ2v) is 7.35. The van der Waals surface area contributed by atoms with Crippen LogP contribution in [0.1, 0.15) is 31.3 Å². The van der Waals surface area contributed by atoms with Gasteiger partial charge in [0.05, 0.1) is 17.1 Å². The van der Waals surface area contributed by atoms with Gasteiger partial charge in [-0.15, -0.1) is 0 Å². The molecular formula is C24H24N4. The number of hydrogen-bond acceptors (Lipinski definition) is 2. The molecule has 5 aromatic rings. The third-order valence-corrected chi connectivity index (χ3v) is 5.58. The van der Waals surface area contributed by atoms with Gasteiger partial charge in [-0.2, -0.15) is 0 Å². The summed E-state index contributed by atoms with van der Waals surface area (Å²) >= 11 is 0. The Bertz CT molecular complexity index is 1250. The monoisotopic (exact) mass is 368 g/mol. The van der Waals surface area contributed by atoms with Crippen molar-refractivity contribution in [3.63, 3.8) is 0 Å². The smallest absolute Gasteiger partial charge is 0.124 e. The molecule has 0 unspecified atom stereocenters. The highest BCUT2D eigenvalue weighted by molar-refractivity contribution is 6.08. The van der Waals surface area contributed by atoms with Gasteiger partial charge in [-0.25, -0.2) is 4.98 Å². The molecule has 0 aliphatic carbocycles. The van der Waals surface area contributed by atoms with Crippen LogP contribution in [0.25, 0.3) is 32.8 Å². The summed E-state index contributed by atoms with van der Waals surface area (Å²) in [5.41, 5.74) is 5.99. The zero-order chi connectivity index (χ0) is 19.1. The number of nitrogens with zero attached hydrogens (tertiary/aromatic N) is 2. The van der Waals surface area contributed by atoms with Crippen molar-refractivity contribution in [3.8, 4) is 0 Å². The molecule has 2 N–H and O–H groups in total. The fraction of sp³-hybridized carbons (Fsp3) is 0.208. The first kappa shape index (κ1) is 17.0. The molecule has 140 valence electrons. The van der Waals surface area contributed by atoms with Gasteiger partial charge in [0.15, 0.2) is 0 Å². The molecule has 0 spiro atoms. The summed E-state index contributed by atoms with van der Waals surface area (Å²) in [7, 11) is 0. The van der Waals surface area contributed by atoms with Gasteiger partial charge in [0.25, 0.3) is 0 Å². The van der Waals surface area contributed by atoms with Crippen LogP contribution < -0.4 is 5.32 Å². The summed E-state index contributed by atoms with van der Waals surface area (Å²) in [6.45, 7) is 6.14. The lowest BCUT2D eigenvalue weighted by Gasteiger charge is -2.11. The number of benzene rings is 3. The van der Waals surface area contributed by atoms with Crippen molar-refractivity contribution in [3.05, 3.63) is 78.1 Å². The van der Waals surface area contributed by atoms with Crippen molar-refractivity contribution in [2.45, 2.75) is 33.0 Å². The average molecular weight is 368 g/mol. The number of aromatic nitrogens is 3. The van der Waals surface area contributed by atoms with E-state index >= 15 is 0 Å². The van der Waals surface area contributed by atoms with E-state index in [1.165, 1.54) is 27.4 Å². The molecule has 0 saturated heterocycles. The molecule has 28 heavy (non-hydrogen) atoms. The van der Waals surface area contributed by atoms with Gasteiger partial charge in [-0.05, 0) is 49.7 Å². The fourth-order valence-corrected chi connectivity index (χ4v) is 4.10. The molecule has 4 heteroatoms. The molecule has 2 aromatic heterocycles. The molecule has 0 aliphatic rings. The largest absolute Gasteiger partial charge is 0.341 e. The molecule has 0 amide bonds. The molecule has 1 atom stereocenters. The molecule has 0 bridgehead atoms. The Morgan fingerprint density at radius 3 is 2.61 bits per heavy atom. The maximum Gasteiger partial charge on any atom is 0.124 e. The summed E-state index contributed by atoms with van der Waals surface area (Å²) < 4.78 is 2.39. The maximum absolute atomic E-state index is 4.71. The molecule has 5 rings (SSSR count). The van der Waals surface area contributed by atoms with Crippen molar-refractivity contribution in [1.82, 2.24) is 19.9 Å². The molecule has 0 saturated carbocycles. The number of nitrogens with one attached hydrogen (secondary N) is 2. The lowest BCUT2D eigenvalue weighted by molar-refractivity contribution is 0.552. The van der Waals surface area contributed by atoms with E-state index in [1.54, 1.807) is 0 Å². The Hall–Kier alpha value is -3.11. The van der Waals surface area contributed by atoms with Gasteiger partial charge in [0, 0.05) is 34.9 Å². The first-order valence-corrected chi connectivity index (χ1v) is 9.92. The second-order valence-electron chi connectivity index (χ2n) is 7.35. The lowest BCUT2D eigenvalue weighted by atomic mass is 10.1. The number of hydrogen-bond donors (Lipinski definition) is 2. The molecule has 4 nitrogen and oxygen atoms in total. The SMILES string of the molecule is CCn1c2ccccc2c2cc(CN[C@H](C)c3nc4ccccc4[nH]3)ccc21. The van der Waals surface area contributed by atoms with E-state index < -0.39 is 0 Å². The lowest BCUT2D eigenvalue weighted by Crippen LogP contribution is -2.19. The minimum Gasteiger partial charge on any atom is -0.341 e. The van der Waals surface area contributed by atoms with Crippen LogP contribution >= 0.6 is 0 Å². The topological polar surface area (TPSA) is 45.6 Å². The van der Waals surface area contributed by atoms with E-state index in [0.717, 1.165) is 29.9 Å². The number of para-hydroxylation sites is 3. The minimum atomic E-state index is 0.153. The summed E-state index contributed by atoms with van der Waals surface area (Å²) in [4.78, 5) is 8.13. The van der Waals surface area contributed by atoms with Crippen LogP contribution in [0.4, 0.5) is 0 Å². The van der Waals surface area contributed by atoms with E-state index in [-0.39, 0.29) is 6.04 Å². The van der Waals surface area contributed by atoms with E-state index in [1.807, 2.05) is 18.2 Å². The second kappa shape index (κ2) is 6.80. The van der Waals surface area contributed by atoms with Crippen molar-refractivity contribution in [2.75, 3.05) is 0 Å². The van der Waals surface area contributed by atoms with Gasteiger partial charge in [0.2, 0.25) is 0 Å². The molecule has 0 radical (unpaired) electrons. The first-order valence-electron chi connectivity index (χ1n) is 9.92. The van der Waals surface area contributed by atoms with Crippen molar-refractivity contribution < 1.29 is 0 Å². The van der Waals surface area contributed by atoms with Crippen LogP contribution in [0.15, 0.2) is 66.7 Å². The highest BCUT2D eigenvalue weighted by atomic mass is 15.0. The van der Waals surface area contributed by atoms with E-state index in [2.05, 4.69) is 77.2 Å². The number of aromatic amines is 1. The predicted molar refractivity (Wildman–Crippen MR) is 116 cm³/mol. The molecule has 0 fully saturated rings. The molecular weight excluding hydrogens is 344 g/mol. The quantitative estimate of drug-likeness (QED) is 0.428. The van der Waals surface area contributed by atoms with E-state index in [0.29, 0.717) is 0 Å². The number of aryl methyl sites for hydroxylation is 1. The summed E-state index contributed by atoms with van der Waals surface area (Å²) in [5.74, 6) is 0.977. The Labute approximate surface area is 164 Å². The average Bonchev–Trinajstić information content (AvgIpc) is 3.31. The maximum atomic E-state index is 4.71. The highest BCUT2D eigenvalue weighted by Crippen LogP contribution is 2.29. The number of H-pyrrole nitrogens is 1. The fourth-order valence-electron chi connectivity index (χ4n) is 4.10. The van der Waals surface area contributed by atoms with Gasteiger partial charge < -0.3 is 14.9 Å². The van der Waals surface area contributed by atoms with Gasteiger partial charge in [-0.3, -0.25) is 0 Å². The summed E-state index contributed by atoms with van der Waals surface area (Å²) in [6, 6.07) is 23.8. The summed E-state index contributed by atoms with van der Waals surface area (Å²) in [5, 5.41) is 6.26. The number of imidazole rings is 1. The van der Waals surface area contributed by atoms with Crippen LogP contribution in [0.5, 0.6) is 0 Å². The normalized spacial score (nSPS) is 12.9. The van der Waals surface area contributed by atoms with Crippen LogP contribution in [0, 0.1) is 0 Å². The van der Waals surface area contributed by atoms with Crippen LogP contribution in [0.2, 0.25) is 0 Å². The zero-order valence-electron chi connectivity index (χ0n) is 16.2. The molecule has 0 aliphatic heterocycles. The number of fused-ring (bicyclic) bond motifs is 4. The van der Waals surface area contributed by atoms with Crippen LogP contribution in [0.3, 0.4) is 0 Å². The van der Waals surface area contributed by atoms with Gasteiger partial charge in [-0.1, -0.05) is 36.4 Å². The summed E-state index contributed by atoms with van der Waals surface area (Å²) in [6.07, 6.45) is 0. The van der Waals surface area contributed by atoms with Crippen molar-refractivity contribution in [1.29, 1.82) is 0 Å². The third-order valence-electron chi connectivity index (χ3n) is 5.58. The Kier molecular flexibility index (Phi) is 4.14. The standard InChI is InChI=1S/C24H24N4/c1-3-28-22-11-7-4-8-18(22)19-14-17(12-13-23(19)28)15-25-16(2)24-26-20-9-5-6-10-21(20)27-24/h4-14,16,25H,3,15H2,1-2H3,(H,26,27)/t16-/m1/s1. The highest BCUT2D eigenvalue weighted by Gasteiger charge is 2.12. The third kappa shape index (κ3) is 2.77. The molecule has 2 heterocycles. The van der Waals surface area contributed by atoms with E-state index in [9.17, 15) is 0 Å². The number of rotatable bonds is 5. The van der Waals surface area contributed by atoms with Gasteiger partial charge in [0.1, 0.15) is 5.82 Å². The van der Waals surface area contributed by atoms with Crippen molar-refractivity contribution >= 4 is 32.8 Å². The minimum absolute atomic E-state index is 0.153. The molecule has 3 aromatic carbocycles.